The van der Waals surface area contributed by atoms with Gasteiger partial charge in [0.1, 0.15) is 0 Å². The van der Waals surface area contributed by atoms with Gasteiger partial charge in [-0.05, 0) is 66.8 Å². The van der Waals surface area contributed by atoms with E-state index in [1.807, 2.05) is 66.7 Å². The van der Waals surface area contributed by atoms with Crippen LogP contribution < -0.4 is 10.2 Å². The minimum atomic E-state index is 0.0411. The molecule has 0 radical (unpaired) electrons. The summed E-state index contributed by atoms with van der Waals surface area (Å²) in [5.74, 6) is 0.786. The molecule has 1 N–H and O–H groups in total. The van der Waals surface area contributed by atoms with E-state index in [9.17, 15) is 4.79 Å². The number of fused-ring (bicyclic) bond motifs is 3. The second kappa shape index (κ2) is 7.79. The van der Waals surface area contributed by atoms with Crippen molar-refractivity contribution in [3.05, 3.63) is 102 Å². The zero-order chi connectivity index (χ0) is 20.5. The van der Waals surface area contributed by atoms with Gasteiger partial charge in [0.15, 0.2) is 0 Å². The van der Waals surface area contributed by atoms with Crippen LogP contribution in [0.1, 0.15) is 46.8 Å². The highest BCUT2D eigenvalue weighted by Gasteiger charge is 2.38. The quantitative estimate of drug-likeness (QED) is 0.587. The molecule has 2 aliphatic rings. The number of anilines is 2. The lowest BCUT2D eigenvalue weighted by Gasteiger charge is -2.37. The Morgan fingerprint density at radius 2 is 2.00 bits per heavy atom. The summed E-state index contributed by atoms with van der Waals surface area (Å²) in [4.78, 5) is 19.5. The van der Waals surface area contributed by atoms with Gasteiger partial charge in [0.2, 0.25) is 0 Å². The fourth-order valence-corrected chi connectivity index (χ4v) is 4.82. The van der Waals surface area contributed by atoms with Crippen molar-refractivity contribution in [2.45, 2.75) is 25.3 Å². The van der Waals surface area contributed by atoms with Gasteiger partial charge >= 0.3 is 0 Å². The Morgan fingerprint density at radius 1 is 1.13 bits per heavy atom. The fourth-order valence-electron chi connectivity index (χ4n) is 4.82. The molecule has 3 aromatic rings. The zero-order valence-corrected chi connectivity index (χ0v) is 17.0. The molecular formula is C26H25N3O. The van der Waals surface area contributed by atoms with Crippen molar-refractivity contribution in [3.8, 4) is 0 Å². The Kier molecular flexibility index (Phi) is 4.83. The summed E-state index contributed by atoms with van der Waals surface area (Å²) < 4.78 is 0. The average Bonchev–Trinajstić information content (AvgIpc) is 3.30. The van der Waals surface area contributed by atoms with E-state index in [1.54, 1.807) is 0 Å². The molecule has 0 saturated heterocycles. The lowest BCUT2D eigenvalue weighted by Crippen LogP contribution is -2.32. The third-order valence-electron chi connectivity index (χ3n) is 6.28. The molecular weight excluding hydrogens is 370 g/mol. The van der Waals surface area contributed by atoms with Crippen molar-refractivity contribution in [2.24, 2.45) is 5.92 Å². The molecule has 0 fully saturated rings. The maximum Gasteiger partial charge on any atom is 0.258 e. The maximum absolute atomic E-state index is 13.3. The number of carbonyl (C=O) groups excluding carboxylic acids is 1. The number of pyridine rings is 1. The van der Waals surface area contributed by atoms with Crippen LogP contribution in [-0.2, 0) is 0 Å². The van der Waals surface area contributed by atoms with Crippen molar-refractivity contribution in [1.29, 1.82) is 0 Å². The van der Waals surface area contributed by atoms with Crippen LogP contribution >= 0.6 is 0 Å². The number of amides is 1. The van der Waals surface area contributed by atoms with Gasteiger partial charge in [-0.3, -0.25) is 9.78 Å². The Bertz CT molecular complexity index is 1080. The second-order valence-electron chi connectivity index (χ2n) is 7.95. The molecule has 4 heteroatoms. The number of carbonyl (C=O) groups is 1. The molecule has 1 aliphatic carbocycles. The first-order valence-corrected chi connectivity index (χ1v) is 10.6. The predicted molar refractivity (Wildman–Crippen MR) is 121 cm³/mol. The molecule has 2 aromatic carbocycles. The SMILES string of the molecule is CCN(C(=O)c1ccc2c(c1)C1C=CCC1C(c1cccnc1)N2)c1ccccc1. The first kappa shape index (κ1) is 18.6. The van der Waals surface area contributed by atoms with Crippen molar-refractivity contribution >= 4 is 17.3 Å². The van der Waals surface area contributed by atoms with Crippen LogP contribution in [0.15, 0.2) is 85.2 Å². The van der Waals surface area contributed by atoms with Crippen molar-refractivity contribution < 1.29 is 4.79 Å². The summed E-state index contributed by atoms with van der Waals surface area (Å²) in [5, 5.41) is 3.72. The van der Waals surface area contributed by atoms with Gasteiger partial charge in [-0.25, -0.2) is 0 Å². The molecule has 1 aliphatic heterocycles. The van der Waals surface area contributed by atoms with Gasteiger partial charge in [0.25, 0.3) is 5.91 Å². The number of benzene rings is 2. The van der Waals surface area contributed by atoms with Crippen LogP contribution in [-0.4, -0.2) is 17.4 Å². The number of nitrogens with one attached hydrogen (secondary N) is 1. The summed E-state index contributed by atoms with van der Waals surface area (Å²) in [6.45, 7) is 2.65. The first-order chi connectivity index (χ1) is 14.8. The topological polar surface area (TPSA) is 45.2 Å². The number of para-hydroxylation sites is 1. The van der Waals surface area contributed by atoms with E-state index in [2.05, 4.69) is 40.7 Å². The lowest BCUT2D eigenvalue weighted by atomic mass is 9.77. The molecule has 1 aromatic heterocycles. The molecule has 1 amide bonds. The van der Waals surface area contributed by atoms with Gasteiger partial charge in [-0.2, -0.15) is 0 Å². The molecule has 3 unspecified atom stereocenters. The molecule has 150 valence electrons. The summed E-state index contributed by atoms with van der Waals surface area (Å²) in [6.07, 6.45) is 9.37. The Labute approximate surface area is 177 Å². The molecule has 2 heterocycles. The van der Waals surface area contributed by atoms with E-state index in [1.165, 1.54) is 11.1 Å². The number of hydrogen-bond acceptors (Lipinski definition) is 3. The van der Waals surface area contributed by atoms with Gasteiger partial charge in [-0.15, -0.1) is 0 Å². The second-order valence-corrected chi connectivity index (χ2v) is 7.95. The smallest absolute Gasteiger partial charge is 0.258 e. The average molecular weight is 396 g/mol. The van der Waals surface area contributed by atoms with Gasteiger partial charge in [0.05, 0.1) is 6.04 Å². The Morgan fingerprint density at radius 3 is 2.77 bits per heavy atom. The minimum Gasteiger partial charge on any atom is -0.378 e. The molecule has 30 heavy (non-hydrogen) atoms. The minimum absolute atomic E-state index is 0.0411. The summed E-state index contributed by atoms with van der Waals surface area (Å²) >= 11 is 0. The maximum atomic E-state index is 13.3. The van der Waals surface area contributed by atoms with E-state index in [0.29, 0.717) is 18.4 Å². The monoisotopic (exact) mass is 395 g/mol. The fraction of sp³-hybridized carbons (Fsp3) is 0.231. The third kappa shape index (κ3) is 3.18. The van der Waals surface area contributed by atoms with Gasteiger partial charge < -0.3 is 10.2 Å². The third-order valence-corrected chi connectivity index (χ3v) is 6.28. The summed E-state index contributed by atoms with van der Waals surface area (Å²) in [7, 11) is 0. The van der Waals surface area contributed by atoms with E-state index < -0.39 is 0 Å². The standard InChI is InChI=1S/C26H25N3O/c1-2-29(20-9-4-3-5-10-20)26(30)18-13-14-24-23(16-18)21-11-6-12-22(21)25(28-24)19-8-7-15-27-17-19/h3-11,13-17,21-22,25,28H,2,12H2,1H3. The number of hydrogen-bond donors (Lipinski definition) is 1. The first-order valence-electron chi connectivity index (χ1n) is 10.6. The number of allylic oxidation sites excluding steroid dienone is 2. The van der Waals surface area contributed by atoms with Crippen LogP contribution in [0, 0.1) is 5.92 Å². The number of rotatable bonds is 4. The normalized spacial score (nSPS) is 21.4. The van der Waals surface area contributed by atoms with Crippen LogP contribution in [0.25, 0.3) is 0 Å². The van der Waals surface area contributed by atoms with Crippen LogP contribution in [0.2, 0.25) is 0 Å². The number of aromatic nitrogens is 1. The van der Waals surface area contributed by atoms with E-state index in [0.717, 1.165) is 23.4 Å². The highest BCUT2D eigenvalue weighted by atomic mass is 16.2. The Balaban J connectivity index is 1.49. The van der Waals surface area contributed by atoms with E-state index >= 15 is 0 Å². The highest BCUT2D eigenvalue weighted by Crippen LogP contribution is 2.49. The Hall–Kier alpha value is -3.40. The molecule has 0 bridgehead atoms. The van der Waals surface area contributed by atoms with Gasteiger partial charge in [0, 0.05) is 41.8 Å². The van der Waals surface area contributed by atoms with Crippen molar-refractivity contribution in [2.75, 3.05) is 16.8 Å². The van der Waals surface area contributed by atoms with Crippen LogP contribution in [0.3, 0.4) is 0 Å². The van der Waals surface area contributed by atoms with Crippen LogP contribution in [0.4, 0.5) is 11.4 Å². The zero-order valence-electron chi connectivity index (χ0n) is 17.0. The molecule has 0 saturated carbocycles. The number of nitrogens with zero attached hydrogens (tertiary/aromatic N) is 2. The molecule has 3 atom stereocenters. The largest absolute Gasteiger partial charge is 0.378 e. The predicted octanol–water partition coefficient (Wildman–Crippen LogP) is 5.57. The highest BCUT2D eigenvalue weighted by molar-refractivity contribution is 6.06. The van der Waals surface area contributed by atoms with Crippen LogP contribution in [0.5, 0.6) is 0 Å². The lowest BCUT2D eigenvalue weighted by molar-refractivity contribution is 0.0988. The summed E-state index contributed by atoms with van der Waals surface area (Å²) in [5.41, 5.74) is 5.19. The van der Waals surface area contributed by atoms with E-state index in [4.69, 9.17) is 0 Å². The van der Waals surface area contributed by atoms with Gasteiger partial charge in [-0.1, -0.05) is 36.4 Å². The van der Waals surface area contributed by atoms with E-state index in [-0.39, 0.29) is 11.9 Å². The molecule has 5 rings (SSSR count). The molecule has 4 nitrogen and oxygen atoms in total. The summed E-state index contributed by atoms with van der Waals surface area (Å²) in [6, 6.07) is 20.3. The molecule has 0 spiro atoms. The van der Waals surface area contributed by atoms with Crippen molar-refractivity contribution in [1.82, 2.24) is 4.98 Å². The van der Waals surface area contributed by atoms with Crippen molar-refractivity contribution in [3.63, 3.8) is 0 Å².